The van der Waals surface area contributed by atoms with Crippen LogP contribution < -0.4 is 15.4 Å². The summed E-state index contributed by atoms with van der Waals surface area (Å²) in [5.74, 6) is 1.37. The highest BCUT2D eigenvalue weighted by Gasteiger charge is 2.31. The van der Waals surface area contributed by atoms with Gasteiger partial charge in [-0.15, -0.1) is 0 Å². The summed E-state index contributed by atoms with van der Waals surface area (Å²) in [6, 6.07) is 6.73. The van der Waals surface area contributed by atoms with E-state index >= 15 is 0 Å². The molecular formula is C13H20N2O. The van der Waals surface area contributed by atoms with Crippen molar-refractivity contribution in [1.82, 2.24) is 0 Å². The normalized spacial score (nSPS) is 19.1. The molecule has 3 nitrogen and oxygen atoms in total. The molecule has 1 aliphatic heterocycles. The Morgan fingerprint density at radius 2 is 2.25 bits per heavy atom. The molecule has 0 amide bonds. The van der Waals surface area contributed by atoms with Gasteiger partial charge in [0.25, 0.3) is 0 Å². The van der Waals surface area contributed by atoms with Crippen molar-refractivity contribution in [3.05, 3.63) is 23.8 Å². The SMILES string of the molecule is COc1cccc2c1C(CN)CN2C(C)C. The van der Waals surface area contributed by atoms with Crippen molar-refractivity contribution in [1.29, 1.82) is 0 Å². The molecule has 1 aromatic carbocycles. The smallest absolute Gasteiger partial charge is 0.124 e. The predicted octanol–water partition coefficient (Wildman–Crippen LogP) is 1.97. The van der Waals surface area contributed by atoms with Crippen LogP contribution in [-0.4, -0.2) is 26.2 Å². The molecule has 16 heavy (non-hydrogen) atoms. The Morgan fingerprint density at radius 3 is 2.81 bits per heavy atom. The average molecular weight is 220 g/mol. The van der Waals surface area contributed by atoms with Gasteiger partial charge in [-0.2, -0.15) is 0 Å². The first-order valence-electron chi connectivity index (χ1n) is 5.82. The first-order valence-corrected chi connectivity index (χ1v) is 5.82. The summed E-state index contributed by atoms with van der Waals surface area (Å²) in [7, 11) is 1.72. The molecule has 1 unspecified atom stereocenters. The van der Waals surface area contributed by atoms with Crippen LogP contribution in [0.1, 0.15) is 25.3 Å². The summed E-state index contributed by atoms with van der Waals surface area (Å²) in [6.07, 6.45) is 0. The molecule has 2 N–H and O–H groups in total. The van der Waals surface area contributed by atoms with Crippen molar-refractivity contribution in [2.45, 2.75) is 25.8 Å². The maximum atomic E-state index is 5.85. The standard InChI is InChI=1S/C13H20N2O/c1-9(2)15-8-10(7-14)13-11(15)5-4-6-12(13)16-3/h4-6,9-10H,7-8,14H2,1-3H3. The number of methoxy groups -OCH3 is 1. The summed E-state index contributed by atoms with van der Waals surface area (Å²) >= 11 is 0. The van der Waals surface area contributed by atoms with Crippen molar-refractivity contribution < 1.29 is 4.74 Å². The Balaban J connectivity index is 2.48. The molecule has 0 saturated heterocycles. The molecule has 0 fully saturated rings. The molecule has 0 spiro atoms. The van der Waals surface area contributed by atoms with Crippen LogP contribution in [0.2, 0.25) is 0 Å². The van der Waals surface area contributed by atoms with Crippen LogP contribution >= 0.6 is 0 Å². The number of ether oxygens (including phenoxy) is 1. The number of hydrogen-bond acceptors (Lipinski definition) is 3. The molecule has 0 saturated carbocycles. The third kappa shape index (κ3) is 1.65. The first kappa shape index (κ1) is 11.3. The molecule has 0 aromatic heterocycles. The molecule has 1 atom stereocenters. The number of benzene rings is 1. The molecule has 1 aromatic rings. The highest BCUT2D eigenvalue weighted by Crippen LogP contribution is 2.42. The Hall–Kier alpha value is -1.22. The van der Waals surface area contributed by atoms with Gasteiger partial charge in [-0.25, -0.2) is 0 Å². The van der Waals surface area contributed by atoms with Crippen molar-refractivity contribution >= 4 is 5.69 Å². The van der Waals surface area contributed by atoms with Gasteiger partial charge in [0.2, 0.25) is 0 Å². The number of hydrogen-bond donors (Lipinski definition) is 1. The highest BCUT2D eigenvalue weighted by molar-refractivity contribution is 5.66. The third-order valence-electron chi connectivity index (χ3n) is 3.31. The van der Waals surface area contributed by atoms with Gasteiger partial charge < -0.3 is 15.4 Å². The van der Waals surface area contributed by atoms with E-state index in [-0.39, 0.29) is 0 Å². The maximum absolute atomic E-state index is 5.85. The molecule has 1 heterocycles. The number of anilines is 1. The lowest BCUT2D eigenvalue weighted by Gasteiger charge is -2.24. The van der Waals surface area contributed by atoms with E-state index in [9.17, 15) is 0 Å². The van der Waals surface area contributed by atoms with E-state index in [0.717, 1.165) is 12.3 Å². The van der Waals surface area contributed by atoms with Crippen LogP contribution in [-0.2, 0) is 0 Å². The number of nitrogens with two attached hydrogens (primary N) is 1. The summed E-state index contributed by atoms with van der Waals surface area (Å²) in [4.78, 5) is 2.40. The van der Waals surface area contributed by atoms with E-state index in [1.807, 2.05) is 12.1 Å². The molecule has 0 radical (unpaired) electrons. The monoisotopic (exact) mass is 220 g/mol. The number of nitrogens with zero attached hydrogens (tertiary/aromatic N) is 1. The maximum Gasteiger partial charge on any atom is 0.124 e. The van der Waals surface area contributed by atoms with Gasteiger partial charge >= 0.3 is 0 Å². The fraction of sp³-hybridized carbons (Fsp3) is 0.538. The van der Waals surface area contributed by atoms with Crippen LogP contribution in [0.5, 0.6) is 5.75 Å². The zero-order valence-corrected chi connectivity index (χ0v) is 10.2. The minimum atomic E-state index is 0.397. The third-order valence-corrected chi connectivity index (χ3v) is 3.31. The Labute approximate surface area is 97.2 Å². The molecule has 88 valence electrons. The molecule has 0 bridgehead atoms. The lowest BCUT2D eigenvalue weighted by molar-refractivity contribution is 0.408. The van der Waals surface area contributed by atoms with Gasteiger partial charge in [0, 0.05) is 36.3 Å². The summed E-state index contributed by atoms with van der Waals surface area (Å²) in [6.45, 7) is 6.10. The fourth-order valence-corrected chi connectivity index (χ4v) is 2.48. The Morgan fingerprint density at radius 1 is 1.50 bits per heavy atom. The first-order chi connectivity index (χ1) is 7.69. The van der Waals surface area contributed by atoms with E-state index in [1.54, 1.807) is 7.11 Å². The summed E-state index contributed by atoms with van der Waals surface area (Å²) in [5, 5.41) is 0. The van der Waals surface area contributed by atoms with Gasteiger partial charge in [-0.05, 0) is 26.0 Å². The van der Waals surface area contributed by atoms with Crippen LogP contribution in [0.15, 0.2) is 18.2 Å². The topological polar surface area (TPSA) is 38.5 Å². The van der Waals surface area contributed by atoms with Crippen molar-refractivity contribution in [2.24, 2.45) is 5.73 Å². The quantitative estimate of drug-likeness (QED) is 0.846. The lowest BCUT2D eigenvalue weighted by Crippen LogP contribution is -2.30. The van der Waals surface area contributed by atoms with E-state index < -0.39 is 0 Å². The number of fused-ring (bicyclic) bond motifs is 1. The highest BCUT2D eigenvalue weighted by atomic mass is 16.5. The van der Waals surface area contributed by atoms with E-state index in [2.05, 4.69) is 24.8 Å². The van der Waals surface area contributed by atoms with Gasteiger partial charge in [0.05, 0.1) is 7.11 Å². The van der Waals surface area contributed by atoms with Gasteiger partial charge in [0.1, 0.15) is 5.75 Å². The van der Waals surface area contributed by atoms with Crippen LogP contribution in [0, 0.1) is 0 Å². The van der Waals surface area contributed by atoms with Crippen LogP contribution in [0.3, 0.4) is 0 Å². The summed E-state index contributed by atoms with van der Waals surface area (Å²) < 4.78 is 5.43. The average Bonchev–Trinajstić information content (AvgIpc) is 2.67. The van der Waals surface area contributed by atoms with E-state index in [0.29, 0.717) is 18.5 Å². The second kappa shape index (κ2) is 4.34. The fourth-order valence-electron chi connectivity index (χ4n) is 2.48. The zero-order chi connectivity index (χ0) is 11.7. The second-order valence-corrected chi connectivity index (χ2v) is 4.57. The van der Waals surface area contributed by atoms with E-state index in [1.165, 1.54) is 11.3 Å². The Bertz CT molecular complexity index is 376. The largest absolute Gasteiger partial charge is 0.496 e. The minimum Gasteiger partial charge on any atom is -0.496 e. The van der Waals surface area contributed by atoms with Crippen molar-refractivity contribution in [3.63, 3.8) is 0 Å². The van der Waals surface area contributed by atoms with Gasteiger partial charge in [-0.1, -0.05) is 6.07 Å². The van der Waals surface area contributed by atoms with Crippen LogP contribution in [0.4, 0.5) is 5.69 Å². The minimum absolute atomic E-state index is 0.397. The lowest BCUT2D eigenvalue weighted by atomic mass is 10.0. The van der Waals surface area contributed by atoms with Gasteiger partial charge in [-0.3, -0.25) is 0 Å². The molecule has 0 aliphatic carbocycles. The molecule has 1 aliphatic rings. The second-order valence-electron chi connectivity index (χ2n) is 4.57. The predicted molar refractivity (Wildman–Crippen MR) is 67.3 cm³/mol. The molecule has 3 heteroatoms. The Kier molecular flexibility index (Phi) is 3.06. The number of rotatable bonds is 3. The van der Waals surface area contributed by atoms with Crippen molar-refractivity contribution in [3.8, 4) is 5.75 Å². The van der Waals surface area contributed by atoms with E-state index in [4.69, 9.17) is 10.5 Å². The molecule has 2 rings (SSSR count). The van der Waals surface area contributed by atoms with Gasteiger partial charge in [0.15, 0.2) is 0 Å². The summed E-state index contributed by atoms with van der Waals surface area (Å²) in [5.41, 5.74) is 8.41. The van der Waals surface area contributed by atoms with Crippen LogP contribution in [0.25, 0.3) is 0 Å². The molecular weight excluding hydrogens is 200 g/mol. The zero-order valence-electron chi connectivity index (χ0n) is 10.2. The van der Waals surface area contributed by atoms with Crippen molar-refractivity contribution in [2.75, 3.05) is 25.1 Å².